The van der Waals surface area contributed by atoms with E-state index in [0.29, 0.717) is 6.04 Å². The third kappa shape index (κ3) is 6.35. The van der Waals surface area contributed by atoms with Gasteiger partial charge in [0, 0.05) is 17.5 Å². The van der Waals surface area contributed by atoms with Gasteiger partial charge in [-0.2, -0.15) is 11.8 Å². The summed E-state index contributed by atoms with van der Waals surface area (Å²) in [6.45, 7) is 9.53. The molecule has 0 radical (unpaired) electrons. The number of hydrogen-bond donors (Lipinski definition) is 1. The van der Waals surface area contributed by atoms with Crippen LogP contribution in [0.15, 0.2) is 24.3 Å². The predicted octanol–water partition coefficient (Wildman–Crippen LogP) is 3.83. The van der Waals surface area contributed by atoms with Crippen molar-refractivity contribution in [2.24, 2.45) is 5.73 Å². The molecule has 2 N–H and O–H groups in total. The van der Waals surface area contributed by atoms with Crippen molar-refractivity contribution in [1.29, 1.82) is 0 Å². The van der Waals surface area contributed by atoms with Crippen LogP contribution in [0, 0.1) is 0 Å². The molecule has 0 fully saturated rings. The fraction of sp³-hybridized carbons (Fsp3) is 0.625. The van der Waals surface area contributed by atoms with Crippen molar-refractivity contribution in [3.63, 3.8) is 0 Å². The van der Waals surface area contributed by atoms with Crippen LogP contribution in [0.3, 0.4) is 0 Å². The average molecular weight is 281 g/mol. The van der Waals surface area contributed by atoms with Crippen LogP contribution in [-0.2, 0) is 5.41 Å². The van der Waals surface area contributed by atoms with E-state index in [1.54, 1.807) is 0 Å². The van der Waals surface area contributed by atoms with Crippen molar-refractivity contribution in [1.82, 2.24) is 0 Å². The predicted molar refractivity (Wildman–Crippen MR) is 86.2 cm³/mol. The van der Waals surface area contributed by atoms with Crippen LogP contribution in [0.2, 0.25) is 0 Å². The van der Waals surface area contributed by atoms with Crippen LogP contribution in [0.1, 0.15) is 39.7 Å². The Labute approximate surface area is 122 Å². The summed E-state index contributed by atoms with van der Waals surface area (Å²) in [6, 6.07) is 8.73. The SMILES string of the molecule is CCC(N)CSCCOc1ccc(C(C)(C)C)cc1. The van der Waals surface area contributed by atoms with Crippen molar-refractivity contribution in [2.75, 3.05) is 18.1 Å². The Balaban J connectivity index is 2.27. The van der Waals surface area contributed by atoms with Crippen LogP contribution < -0.4 is 10.5 Å². The molecule has 3 heteroatoms. The fourth-order valence-corrected chi connectivity index (χ4v) is 2.53. The summed E-state index contributed by atoms with van der Waals surface area (Å²) in [5, 5.41) is 0. The molecule has 108 valence electrons. The van der Waals surface area contributed by atoms with Crippen molar-refractivity contribution in [2.45, 2.75) is 45.6 Å². The van der Waals surface area contributed by atoms with Crippen molar-refractivity contribution in [3.05, 3.63) is 29.8 Å². The van der Waals surface area contributed by atoms with E-state index in [1.165, 1.54) is 5.56 Å². The molecule has 0 saturated heterocycles. The van der Waals surface area contributed by atoms with Crippen LogP contribution in [0.4, 0.5) is 0 Å². The van der Waals surface area contributed by atoms with Gasteiger partial charge in [0.2, 0.25) is 0 Å². The number of thioether (sulfide) groups is 1. The van der Waals surface area contributed by atoms with Gasteiger partial charge in [0.25, 0.3) is 0 Å². The summed E-state index contributed by atoms with van der Waals surface area (Å²) in [5.74, 6) is 2.96. The van der Waals surface area contributed by atoms with E-state index in [2.05, 4.69) is 52.0 Å². The van der Waals surface area contributed by atoms with Crippen molar-refractivity contribution >= 4 is 11.8 Å². The molecule has 19 heavy (non-hydrogen) atoms. The lowest BCUT2D eigenvalue weighted by molar-refractivity contribution is 0.343. The quantitative estimate of drug-likeness (QED) is 0.771. The van der Waals surface area contributed by atoms with E-state index in [9.17, 15) is 0 Å². The summed E-state index contributed by atoms with van der Waals surface area (Å²) >= 11 is 1.86. The second-order valence-corrected chi connectivity index (χ2v) is 7.02. The largest absolute Gasteiger partial charge is 0.493 e. The highest BCUT2D eigenvalue weighted by Gasteiger charge is 2.12. The van der Waals surface area contributed by atoms with Gasteiger partial charge in [-0.15, -0.1) is 0 Å². The van der Waals surface area contributed by atoms with Crippen LogP contribution in [0.25, 0.3) is 0 Å². The summed E-state index contributed by atoms with van der Waals surface area (Å²) in [4.78, 5) is 0. The molecular formula is C16H27NOS. The second kappa shape index (κ2) is 7.81. The molecule has 0 spiro atoms. The zero-order valence-electron chi connectivity index (χ0n) is 12.6. The first kappa shape index (κ1) is 16.4. The normalized spacial score (nSPS) is 13.3. The van der Waals surface area contributed by atoms with Gasteiger partial charge >= 0.3 is 0 Å². The van der Waals surface area contributed by atoms with Crippen LogP contribution >= 0.6 is 11.8 Å². The lowest BCUT2D eigenvalue weighted by Crippen LogP contribution is -2.21. The van der Waals surface area contributed by atoms with E-state index < -0.39 is 0 Å². The first-order valence-electron chi connectivity index (χ1n) is 7.00. The Hall–Kier alpha value is -0.670. The lowest BCUT2D eigenvalue weighted by atomic mass is 9.87. The van der Waals surface area contributed by atoms with Gasteiger partial charge in [0.05, 0.1) is 6.61 Å². The maximum absolute atomic E-state index is 5.86. The van der Waals surface area contributed by atoms with Gasteiger partial charge in [0.1, 0.15) is 5.75 Å². The molecule has 1 aromatic carbocycles. The minimum Gasteiger partial charge on any atom is -0.493 e. The third-order valence-corrected chi connectivity index (χ3v) is 4.19. The molecule has 0 bridgehead atoms. The molecule has 0 aromatic heterocycles. The standard InChI is InChI=1S/C16H27NOS/c1-5-14(17)12-19-11-10-18-15-8-6-13(7-9-15)16(2,3)4/h6-9,14H,5,10-12,17H2,1-4H3. The van der Waals surface area contributed by atoms with Crippen molar-refractivity contribution in [3.8, 4) is 5.75 Å². The molecule has 1 unspecified atom stereocenters. The van der Waals surface area contributed by atoms with Gasteiger partial charge in [-0.1, -0.05) is 39.8 Å². The minimum absolute atomic E-state index is 0.199. The summed E-state index contributed by atoms with van der Waals surface area (Å²) in [5.41, 5.74) is 7.40. The van der Waals surface area contributed by atoms with E-state index >= 15 is 0 Å². The molecular weight excluding hydrogens is 254 g/mol. The highest BCUT2D eigenvalue weighted by molar-refractivity contribution is 7.99. The smallest absolute Gasteiger partial charge is 0.119 e. The summed E-state index contributed by atoms with van der Waals surface area (Å²) in [7, 11) is 0. The number of ether oxygens (including phenoxy) is 1. The van der Waals surface area contributed by atoms with E-state index in [1.807, 2.05) is 11.8 Å². The topological polar surface area (TPSA) is 35.2 Å². The van der Waals surface area contributed by atoms with Gasteiger partial charge in [-0.25, -0.2) is 0 Å². The molecule has 1 atom stereocenters. The highest BCUT2D eigenvalue weighted by atomic mass is 32.2. The van der Waals surface area contributed by atoms with E-state index in [-0.39, 0.29) is 5.41 Å². The monoisotopic (exact) mass is 281 g/mol. The lowest BCUT2D eigenvalue weighted by Gasteiger charge is -2.19. The maximum Gasteiger partial charge on any atom is 0.119 e. The van der Waals surface area contributed by atoms with Gasteiger partial charge in [-0.3, -0.25) is 0 Å². The zero-order chi connectivity index (χ0) is 14.3. The third-order valence-electron chi connectivity index (χ3n) is 3.07. The first-order valence-corrected chi connectivity index (χ1v) is 8.15. The highest BCUT2D eigenvalue weighted by Crippen LogP contribution is 2.24. The van der Waals surface area contributed by atoms with Gasteiger partial charge in [-0.05, 0) is 29.5 Å². The first-order chi connectivity index (χ1) is 8.93. The molecule has 0 saturated carbocycles. The molecule has 0 aliphatic carbocycles. The van der Waals surface area contributed by atoms with Gasteiger partial charge < -0.3 is 10.5 Å². The summed E-state index contributed by atoms with van der Waals surface area (Å²) in [6.07, 6.45) is 1.04. The number of nitrogens with two attached hydrogens (primary N) is 1. The Bertz CT molecular complexity index is 356. The Morgan fingerprint density at radius 2 is 1.84 bits per heavy atom. The Kier molecular flexibility index (Phi) is 6.73. The molecule has 1 aromatic rings. The van der Waals surface area contributed by atoms with Gasteiger partial charge in [0.15, 0.2) is 0 Å². The molecule has 0 amide bonds. The zero-order valence-corrected chi connectivity index (χ0v) is 13.4. The number of hydrogen-bond acceptors (Lipinski definition) is 3. The van der Waals surface area contributed by atoms with E-state index in [0.717, 1.165) is 30.3 Å². The maximum atomic E-state index is 5.86. The minimum atomic E-state index is 0.199. The van der Waals surface area contributed by atoms with Crippen LogP contribution in [0.5, 0.6) is 5.75 Å². The van der Waals surface area contributed by atoms with Crippen LogP contribution in [-0.4, -0.2) is 24.2 Å². The molecule has 0 heterocycles. The fourth-order valence-electron chi connectivity index (χ4n) is 1.62. The number of rotatable bonds is 7. The molecule has 2 nitrogen and oxygen atoms in total. The molecule has 1 rings (SSSR count). The second-order valence-electron chi connectivity index (χ2n) is 5.87. The Morgan fingerprint density at radius 1 is 1.21 bits per heavy atom. The van der Waals surface area contributed by atoms with Crippen molar-refractivity contribution < 1.29 is 4.74 Å². The molecule has 0 aliphatic rings. The summed E-state index contributed by atoms with van der Waals surface area (Å²) < 4.78 is 5.73. The molecule has 0 aliphatic heterocycles. The Morgan fingerprint density at radius 3 is 2.37 bits per heavy atom. The average Bonchev–Trinajstić information content (AvgIpc) is 2.37. The van der Waals surface area contributed by atoms with E-state index in [4.69, 9.17) is 10.5 Å². The number of benzene rings is 1.